The van der Waals surface area contributed by atoms with Crippen molar-refractivity contribution in [3.8, 4) is 22.6 Å². The highest BCUT2D eigenvalue weighted by atomic mass is 32.2. The molecule has 3 aromatic carbocycles. The van der Waals surface area contributed by atoms with Crippen LogP contribution in [-0.4, -0.2) is 41.1 Å². The molecule has 0 aliphatic carbocycles. The SMILES string of the molecule is COc1ccc(S(=O)N(CCCCCCC(=O)NO)c2ccc(-c3ccc4cc[nH]c4c3)cc2)cc1OC. The van der Waals surface area contributed by atoms with E-state index in [0.29, 0.717) is 29.4 Å². The molecular formula is C29H33N3O5S. The minimum absolute atomic E-state index is 0.285. The highest BCUT2D eigenvalue weighted by Crippen LogP contribution is 2.32. The lowest BCUT2D eigenvalue weighted by molar-refractivity contribution is -0.129. The zero-order valence-corrected chi connectivity index (χ0v) is 22.4. The molecule has 1 heterocycles. The number of hydrogen-bond donors (Lipinski definition) is 3. The summed E-state index contributed by atoms with van der Waals surface area (Å²) >= 11 is 0. The van der Waals surface area contributed by atoms with Crippen molar-refractivity contribution >= 4 is 33.5 Å². The molecule has 0 aliphatic rings. The van der Waals surface area contributed by atoms with E-state index in [-0.39, 0.29) is 12.3 Å². The fraction of sp³-hybridized carbons (Fsp3) is 0.276. The molecule has 0 spiro atoms. The van der Waals surface area contributed by atoms with E-state index < -0.39 is 11.0 Å². The minimum atomic E-state index is -1.48. The Kier molecular flexibility index (Phi) is 9.40. The zero-order valence-electron chi connectivity index (χ0n) is 21.6. The van der Waals surface area contributed by atoms with Crippen molar-refractivity contribution in [1.29, 1.82) is 0 Å². The highest BCUT2D eigenvalue weighted by molar-refractivity contribution is 7.86. The van der Waals surface area contributed by atoms with E-state index in [9.17, 15) is 9.00 Å². The first-order chi connectivity index (χ1) is 18.5. The summed E-state index contributed by atoms with van der Waals surface area (Å²) in [7, 11) is 1.65. The third-order valence-corrected chi connectivity index (χ3v) is 7.89. The Morgan fingerprint density at radius 2 is 1.63 bits per heavy atom. The van der Waals surface area contributed by atoms with Crippen molar-refractivity contribution in [2.75, 3.05) is 25.1 Å². The summed E-state index contributed by atoms with van der Waals surface area (Å²) in [6, 6.07) is 21.8. The zero-order chi connectivity index (χ0) is 26.9. The van der Waals surface area contributed by atoms with Crippen LogP contribution in [0.25, 0.3) is 22.0 Å². The Labute approximate surface area is 225 Å². The molecule has 0 saturated heterocycles. The van der Waals surface area contributed by atoms with Crippen LogP contribution in [0.2, 0.25) is 0 Å². The van der Waals surface area contributed by atoms with Crippen LogP contribution in [0.3, 0.4) is 0 Å². The molecule has 0 bridgehead atoms. The molecule has 0 radical (unpaired) electrons. The molecule has 1 unspecified atom stereocenters. The van der Waals surface area contributed by atoms with Crippen LogP contribution >= 0.6 is 0 Å². The van der Waals surface area contributed by atoms with Gasteiger partial charge in [-0.1, -0.05) is 37.1 Å². The quantitative estimate of drug-likeness (QED) is 0.113. The van der Waals surface area contributed by atoms with Gasteiger partial charge in [0.15, 0.2) is 22.5 Å². The molecule has 38 heavy (non-hydrogen) atoms. The number of fused-ring (bicyclic) bond motifs is 1. The van der Waals surface area contributed by atoms with Crippen LogP contribution in [-0.2, 0) is 15.8 Å². The van der Waals surface area contributed by atoms with Gasteiger partial charge in [-0.3, -0.25) is 14.3 Å². The molecule has 8 nitrogen and oxygen atoms in total. The van der Waals surface area contributed by atoms with E-state index in [4.69, 9.17) is 14.7 Å². The Bertz CT molecular complexity index is 1390. The first-order valence-electron chi connectivity index (χ1n) is 12.6. The van der Waals surface area contributed by atoms with Crippen molar-refractivity contribution in [2.45, 2.75) is 37.0 Å². The predicted octanol–water partition coefficient (Wildman–Crippen LogP) is 5.84. The first-order valence-corrected chi connectivity index (χ1v) is 13.7. The molecule has 0 saturated carbocycles. The summed E-state index contributed by atoms with van der Waals surface area (Å²) in [6.07, 6.45) is 5.40. The van der Waals surface area contributed by atoms with Crippen LogP contribution in [0.4, 0.5) is 5.69 Å². The van der Waals surface area contributed by atoms with Gasteiger partial charge in [0.1, 0.15) is 0 Å². The number of amides is 1. The average molecular weight is 536 g/mol. The van der Waals surface area contributed by atoms with Crippen LogP contribution < -0.4 is 19.3 Å². The standard InChI is InChI=1S/C29H33N3O5S/c1-36-27-15-14-25(20-28(27)37-2)38(35)32(18-6-4-3-5-7-29(33)31-34)24-12-10-21(11-13-24)23-9-8-22-16-17-30-26(22)19-23/h8-17,19-20,30,34H,3-7,18H2,1-2H3,(H,31,33). The number of hydroxylamine groups is 1. The number of carbonyl (C=O) groups is 1. The minimum Gasteiger partial charge on any atom is -0.493 e. The lowest BCUT2D eigenvalue weighted by Gasteiger charge is -2.24. The molecule has 4 aromatic rings. The third kappa shape index (κ3) is 6.54. The Balaban J connectivity index is 1.53. The molecule has 0 aliphatic heterocycles. The average Bonchev–Trinajstić information content (AvgIpc) is 3.44. The number of aromatic amines is 1. The molecular weight excluding hydrogens is 502 g/mol. The van der Waals surface area contributed by atoms with Crippen molar-refractivity contribution in [2.24, 2.45) is 0 Å². The van der Waals surface area contributed by atoms with Gasteiger partial charge in [0, 0.05) is 36.4 Å². The maximum atomic E-state index is 13.8. The second-order valence-corrected chi connectivity index (χ2v) is 10.3. The number of ether oxygens (including phenoxy) is 2. The van der Waals surface area contributed by atoms with Gasteiger partial charge in [-0.25, -0.2) is 9.69 Å². The maximum Gasteiger partial charge on any atom is 0.243 e. The number of nitrogens with one attached hydrogen (secondary N) is 2. The molecule has 4 rings (SSSR count). The maximum absolute atomic E-state index is 13.8. The molecule has 3 N–H and O–H groups in total. The van der Waals surface area contributed by atoms with Crippen LogP contribution in [0, 0.1) is 0 Å². The summed E-state index contributed by atoms with van der Waals surface area (Å²) in [5.41, 5.74) is 5.77. The Morgan fingerprint density at radius 3 is 2.37 bits per heavy atom. The molecule has 200 valence electrons. The van der Waals surface area contributed by atoms with Crippen LogP contribution in [0.15, 0.2) is 77.8 Å². The topological polar surface area (TPSA) is 104 Å². The predicted molar refractivity (Wildman–Crippen MR) is 150 cm³/mol. The third-order valence-electron chi connectivity index (χ3n) is 6.44. The second-order valence-electron chi connectivity index (χ2n) is 8.89. The molecule has 0 fully saturated rings. The van der Waals surface area contributed by atoms with Gasteiger partial charge in [0.2, 0.25) is 5.91 Å². The molecule has 9 heteroatoms. The van der Waals surface area contributed by atoms with Gasteiger partial charge in [-0.2, -0.15) is 0 Å². The highest BCUT2D eigenvalue weighted by Gasteiger charge is 2.18. The van der Waals surface area contributed by atoms with Crippen molar-refractivity contribution < 1.29 is 23.7 Å². The van der Waals surface area contributed by atoms with Gasteiger partial charge in [-0.15, -0.1) is 0 Å². The number of rotatable bonds is 13. The number of nitrogens with zero attached hydrogens (tertiary/aromatic N) is 1. The molecule has 1 amide bonds. The number of carbonyl (C=O) groups excluding carboxylic acids is 1. The normalized spacial score (nSPS) is 11.8. The van der Waals surface area contributed by atoms with Crippen molar-refractivity contribution in [1.82, 2.24) is 10.5 Å². The Hall–Kier alpha value is -3.82. The molecule has 1 atom stereocenters. The Morgan fingerprint density at radius 1 is 0.895 bits per heavy atom. The van der Waals surface area contributed by atoms with Gasteiger partial charge < -0.3 is 14.5 Å². The van der Waals surface area contributed by atoms with Crippen molar-refractivity contribution in [3.63, 3.8) is 0 Å². The summed E-state index contributed by atoms with van der Waals surface area (Å²) in [5, 5.41) is 9.81. The number of H-pyrrole nitrogens is 1. The van der Waals surface area contributed by atoms with Crippen LogP contribution in [0.5, 0.6) is 11.5 Å². The van der Waals surface area contributed by atoms with Crippen LogP contribution in [0.1, 0.15) is 32.1 Å². The summed E-state index contributed by atoms with van der Waals surface area (Å²) in [5.74, 6) is 0.724. The van der Waals surface area contributed by atoms with E-state index in [1.165, 1.54) is 5.39 Å². The summed E-state index contributed by atoms with van der Waals surface area (Å²) in [4.78, 5) is 15.1. The number of anilines is 1. The lowest BCUT2D eigenvalue weighted by Crippen LogP contribution is -2.27. The number of benzene rings is 3. The van der Waals surface area contributed by atoms with Gasteiger partial charge >= 0.3 is 0 Å². The van der Waals surface area contributed by atoms with Gasteiger partial charge in [-0.05, 0) is 65.8 Å². The van der Waals surface area contributed by atoms with E-state index in [1.807, 2.05) is 40.8 Å². The number of unbranched alkanes of at least 4 members (excludes halogenated alkanes) is 3. The number of hydrogen-bond acceptors (Lipinski definition) is 5. The fourth-order valence-corrected chi connectivity index (χ4v) is 5.61. The van der Waals surface area contributed by atoms with E-state index in [0.717, 1.165) is 41.6 Å². The smallest absolute Gasteiger partial charge is 0.243 e. The largest absolute Gasteiger partial charge is 0.493 e. The number of methoxy groups -OCH3 is 2. The lowest BCUT2D eigenvalue weighted by atomic mass is 10.0. The van der Waals surface area contributed by atoms with Gasteiger partial charge in [0.05, 0.1) is 19.1 Å². The van der Waals surface area contributed by atoms with Gasteiger partial charge in [0.25, 0.3) is 0 Å². The first kappa shape index (κ1) is 27.2. The van der Waals surface area contributed by atoms with E-state index >= 15 is 0 Å². The second kappa shape index (κ2) is 13.1. The fourth-order valence-electron chi connectivity index (χ4n) is 4.36. The number of aromatic nitrogens is 1. The molecule has 1 aromatic heterocycles. The van der Waals surface area contributed by atoms with Crippen molar-refractivity contribution in [3.05, 3.63) is 72.9 Å². The summed E-state index contributed by atoms with van der Waals surface area (Å²) < 4.78 is 26.4. The monoisotopic (exact) mass is 535 g/mol. The summed E-state index contributed by atoms with van der Waals surface area (Å²) in [6.45, 7) is 0.570. The van der Waals surface area contributed by atoms with E-state index in [1.54, 1.807) is 37.9 Å². The van der Waals surface area contributed by atoms with E-state index in [2.05, 4.69) is 23.2 Å².